The van der Waals surface area contributed by atoms with E-state index in [1.165, 1.54) is 11.3 Å². The molecule has 1 atom stereocenters. The Labute approximate surface area is 107 Å². The van der Waals surface area contributed by atoms with Crippen LogP contribution in [0, 0.1) is 0 Å². The van der Waals surface area contributed by atoms with E-state index in [0.717, 1.165) is 28.0 Å². The van der Waals surface area contributed by atoms with Crippen LogP contribution in [0.4, 0.5) is 0 Å². The van der Waals surface area contributed by atoms with Crippen molar-refractivity contribution in [3.8, 4) is 0 Å². The number of likely N-dealkylation sites (tertiary alicyclic amines) is 1. The smallest absolute Gasteiger partial charge is 0.174 e. The molecule has 0 aliphatic carbocycles. The van der Waals surface area contributed by atoms with Crippen LogP contribution in [-0.2, 0) is 0 Å². The topological polar surface area (TPSA) is 40.5 Å². The molecule has 2 rings (SSSR count). The number of Topliss-reactive ketones (excluding diaryl/α,β-unsaturated/α-hetero) is 1. The van der Waals surface area contributed by atoms with Crippen molar-refractivity contribution in [2.75, 3.05) is 13.1 Å². The number of carbonyl (C=O) groups is 1. The fourth-order valence-electron chi connectivity index (χ4n) is 1.90. The molecule has 1 aliphatic rings. The zero-order valence-electron chi connectivity index (χ0n) is 8.86. The number of aliphatic hydroxyl groups is 1. The van der Waals surface area contributed by atoms with Crippen molar-refractivity contribution in [1.29, 1.82) is 0 Å². The molecule has 1 aromatic rings. The number of aliphatic hydroxyl groups excluding tert-OH is 1. The van der Waals surface area contributed by atoms with Gasteiger partial charge < -0.3 is 5.11 Å². The third-order valence-electron chi connectivity index (χ3n) is 2.80. The van der Waals surface area contributed by atoms with Crippen LogP contribution in [0.3, 0.4) is 0 Å². The van der Waals surface area contributed by atoms with Crippen LogP contribution in [0.15, 0.2) is 15.9 Å². The molecule has 88 valence electrons. The first kappa shape index (κ1) is 12.2. The minimum absolute atomic E-state index is 0.162. The van der Waals surface area contributed by atoms with E-state index in [1.807, 2.05) is 17.0 Å². The summed E-state index contributed by atoms with van der Waals surface area (Å²) in [6.07, 6.45) is 2.01. The number of hydrogen-bond donors (Lipinski definition) is 1. The maximum atomic E-state index is 11.8. The summed E-state index contributed by atoms with van der Waals surface area (Å²) in [6.45, 7) is 1.57. The van der Waals surface area contributed by atoms with Gasteiger partial charge in [-0.3, -0.25) is 9.69 Å². The molecule has 2 heterocycles. The van der Waals surface area contributed by atoms with Gasteiger partial charge in [-0.2, -0.15) is 0 Å². The normalized spacial score (nSPS) is 21.5. The van der Waals surface area contributed by atoms with Crippen molar-refractivity contribution in [3.63, 3.8) is 0 Å². The summed E-state index contributed by atoms with van der Waals surface area (Å²) in [6, 6.07) is 3.74. The van der Waals surface area contributed by atoms with E-state index in [-0.39, 0.29) is 12.0 Å². The summed E-state index contributed by atoms with van der Waals surface area (Å²) in [4.78, 5) is 14.6. The van der Waals surface area contributed by atoms with Crippen molar-refractivity contribution < 1.29 is 9.90 Å². The molecule has 0 aromatic carbocycles. The Hall–Kier alpha value is -0.230. The van der Waals surface area contributed by atoms with Crippen molar-refractivity contribution in [1.82, 2.24) is 4.90 Å². The van der Waals surface area contributed by atoms with E-state index in [9.17, 15) is 9.90 Å². The molecule has 0 amide bonds. The van der Waals surface area contributed by atoms with E-state index >= 15 is 0 Å². The van der Waals surface area contributed by atoms with Crippen LogP contribution in [0.5, 0.6) is 0 Å². The summed E-state index contributed by atoms with van der Waals surface area (Å²) in [5, 5.41) is 9.59. The van der Waals surface area contributed by atoms with Gasteiger partial charge in [0.1, 0.15) is 6.23 Å². The zero-order chi connectivity index (χ0) is 11.5. The Morgan fingerprint density at radius 2 is 2.44 bits per heavy atom. The summed E-state index contributed by atoms with van der Waals surface area (Å²) in [5.74, 6) is 0.162. The molecule has 1 aliphatic heterocycles. The van der Waals surface area contributed by atoms with Gasteiger partial charge in [-0.25, -0.2) is 0 Å². The standard InChI is InChI=1S/C11H14BrNO2S/c12-10-4-3-9(16-10)8(14)5-7-13-6-1-2-11(13)15/h3-4,11,15H,1-2,5-7H2. The molecule has 0 saturated carbocycles. The highest BCUT2D eigenvalue weighted by Crippen LogP contribution is 2.23. The van der Waals surface area contributed by atoms with Crippen molar-refractivity contribution in [2.24, 2.45) is 0 Å². The summed E-state index contributed by atoms with van der Waals surface area (Å²) in [5.41, 5.74) is 0. The average molecular weight is 304 g/mol. The van der Waals surface area contributed by atoms with E-state index in [1.54, 1.807) is 0 Å². The second-order valence-electron chi connectivity index (χ2n) is 3.94. The second kappa shape index (κ2) is 5.40. The van der Waals surface area contributed by atoms with E-state index in [4.69, 9.17) is 0 Å². The number of thiophene rings is 1. The van der Waals surface area contributed by atoms with Crippen LogP contribution < -0.4 is 0 Å². The molecule has 1 fully saturated rings. The number of carbonyl (C=O) groups excluding carboxylic acids is 1. The van der Waals surface area contributed by atoms with Gasteiger partial charge in [0.15, 0.2) is 5.78 Å². The highest BCUT2D eigenvalue weighted by Gasteiger charge is 2.22. The number of hydrogen-bond acceptors (Lipinski definition) is 4. The maximum Gasteiger partial charge on any atom is 0.174 e. The first-order valence-electron chi connectivity index (χ1n) is 5.37. The molecule has 1 saturated heterocycles. The highest BCUT2D eigenvalue weighted by molar-refractivity contribution is 9.11. The Balaban J connectivity index is 1.84. The van der Waals surface area contributed by atoms with Crippen LogP contribution in [0.25, 0.3) is 0 Å². The van der Waals surface area contributed by atoms with Gasteiger partial charge in [-0.15, -0.1) is 11.3 Å². The molecule has 0 spiro atoms. The first-order chi connectivity index (χ1) is 7.66. The quantitative estimate of drug-likeness (QED) is 0.869. The Morgan fingerprint density at radius 1 is 1.62 bits per heavy atom. The van der Waals surface area contributed by atoms with Gasteiger partial charge in [0, 0.05) is 19.5 Å². The maximum absolute atomic E-state index is 11.8. The number of nitrogens with zero attached hydrogens (tertiary/aromatic N) is 1. The Morgan fingerprint density at radius 3 is 3.00 bits per heavy atom. The monoisotopic (exact) mass is 303 g/mol. The lowest BCUT2D eigenvalue weighted by molar-refractivity contribution is 0.0374. The molecule has 1 N–H and O–H groups in total. The average Bonchev–Trinajstić information content (AvgIpc) is 2.84. The van der Waals surface area contributed by atoms with E-state index in [2.05, 4.69) is 15.9 Å². The first-order valence-corrected chi connectivity index (χ1v) is 6.98. The summed E-state index contributed by atoms with van der Waals surface area (Å²) in [7, 11) is 0. The largest absolute Gasteiger partial charge is 0.378 e. The van der Waals surface area contributed by atoms with Crippen LogP contribution in [0.1, 0.15) is 28.9 Å². The third-order valence-corrected chi connectivity index (χ3v) is 4.47. The molecular formula is C11H14BrNO2S. The van der Waals surface area contributed by atoms with Gasteiger partial charge in [0.25, 0.3) is 0 Å². The van der Waals surface area contributed by atoms with Gasteiger partial charge in [-0.05, 0) is 40.9 Å². The van der Waals surface area contributed by atoms with Gasteiger partial charge in [0.2, 0.25) is 0 Å². The molecule has 1 aromatic heterocycles. The SMILES string of the molecule is O=C(CCN1CCCC1O)c1ccc(Br)s1. The number of halogens is 1. The Kier molecular flexibility index (Phi) is 4.13. The Bertz CT molecular complexity index is 380. The minimum atomic E-state index is -0.345. The van der Waals surface area contributed by atoms with Crippen molar-refractivity contribution >= 4 is 33.0 Å². The number of rotatable bonds is 4. The minimum Gasteiger partial charge on any atom is -0.378 e. The fraction of sp³-hybridized carbons (Fsp3) is 0.545. The second-order valence-corrected chi connectivity index (χ2v) is 6.40. The van der Waals surface area contributed by atoms with Gasteiger partial charge in [-0.1, -0.05) is 0 Å². The lowest BCUT2D eigenvalue weighted by Gasteiger charge is -2.18. The van der Waals surface area contributed by atoms with Crippen LogP contribution >= 0.6 is 27.3 Å². The summed E-state index contributed by atoms with van der Waals surface area (Å²) < 4.78 is 0.983. The fourth-order valence-corrected chi connectivity index (χ4v) is 3.26. The van der Waals surface area contributed by atoms with Crippen LogP contribution in [-0.4, -0.2) is 35.1 Å². The van der Waals surface area contributed by atoms with Crippen molar-refractivity contribution in [2.45, 2.75) is 25.5 Å². The predicted octanol–water partition coefficient (Wildman–Crippen LogP) is 2.50. The molecular weight excluding hydrogens is 290 g/mol. The molecule has 1 unspecified atom stereocenters. The lowest BCUT2D eigenvalue weighted by Crippen LogP contribution is -2.31. The lowest BCUT2D eigenvalue weighted by atomic mass is 10.2. The molecule has 16 heavy (non-hydrogen) atoms. The summed E-state index contributed by atoms with van der Waals surface area (Å²) >= 11 is 4.81. The van der Waals surface area contributed by atoms with Crippen LogP contribution in [0.2, 0.25) is 0 Å². The molecule has 0 radical (unpaired) electrons. The zero-order valence-corrected chi connectivity index (χ0v) is 11.3. The highest BCUT2D eigenvalue weighted by atomic mass is 79.9. The third kappa shape index (κ3) is 2.91. The predicted molar refractivity (Wildman–Crippen MR) is 67.8 cm³/mol. The van der Waals surface area contributed by atoms with Gasteiger partial charge in [0.05, 0.1) is 8.66 Å². The van der Waals surface area contributed by atoms with Gasteiger partial charge >= 0.3 is 0 Å². The van der Waals surface area contributed by atoms with Crippen molar-refractivity contribution in [3.05, 3.63) is 20.8 Å². The molecule has 3 nitrogen and oxygen atoms in total. The molecule has 5 heteroatoms. The number of ketones is 1. The van der Waals surface area contributed by atoms with E-state index < -0.39 is 0 Å². The molecule has 0 bridgehead atoms. The van der Waals surface area contributed by atoms with E-state index in [0.29, 0.717) is 13.0 Å².